The summed E-state index contributed by atoms with van der Waals surface area (Å²) in [4.78, 5) is 4.49. The topological polar surface area (TPSA) is 53.1 Å². The number of imidazole rings is 1. The predicted molar refractivity (Wildman–Crippen MR) is 71.8 cm³/mol. The summed E-state index contributed by atoms with van der Waals surface area (Å²) in [6.07, 6.45) is 2.91. The van der Waals surface area contributed by atoms with Crippen molar-refractivity contribution in [3.05, 3.63) is 47.5 Å². The molecule has 2 aromatic rings. The molecule has 2 rings (SSSR count). The molecule has 0 bridgehead atoms. The van der Waals surface area contributed by atoms with Crippen molar-refractivity contribution in [1.82, 2.24) is 9.55 Å². The molecule has 0 aliphatic carbocycles. The third kappa shape index (κ3) is 2.90. The van der Waals surface area contributed by atoms with Gasteiger partial charge in [-0.3, -0.25) is 0 Å². The average molecular weight is 245 g/mol. The predicted octanol–water partition coefficient (Wildman–Crippen LogP) is 1.75. The molecule has 1 heterocycles. The van der Waals surface area contributed by atoms with Crippen molar-refractivity contribution < 1.29 is 4.74 Å². The zero-order valence-electron chi connectivity index (χ0n) is 10.9. The minimum atomic E-state index is 0.638. The molecule has 4 nitrogen and oxygen atoms in total. The van der Waals surface area contributed by atoms with Crippen LogP contribution in [0.15, 0.2) is 30.5 Å². The lowest BCUT2D eigenvalue weighted by Crippen LogP contribution is -2.02. The first-order valence-corrected chi connectivity index (χ1v) is 6.08. The Morgan fingerprint density at radius 3 is 2.61 bits per heavy atom. The zero-order chi connectivity index (χ0) is 13.0. The number of benzene rings is 1. The Balaban J connectivity index is 2.12. The summed E-state index contributed by atoms with van der Waals surface area (Å²) in [6.45, 7) is 3.48. The maximum atomic E-state index is 5.54. The number of hydrogen-bond donors (Lipinski definition) is 1. The van der Waals surface area contributed by atoms with Gasteiger partial charge in [0.15, 0.2) is 0 Å². The summed E-state index contributed by atoms with van der Waals surface area (Å²) < 4.78 is 7.29. The quantitative estimate of drug-likeness (QED) is 0.873. The van der Waals surface area contributed by atoms with E-state index in [9.17, 15) is 0 Å². The SMILES string of the molecule is COc1ccc(Cn2cc(CCN)nc2C)cc1. The third-order valence-electron chi connectivity index (χ3n) is 2.94. The van der Waals surface area contributed by atoms with Crippen molar-refractivity contribution in [1.29, 1.82) is 0 Å². The minimum Gasteiger partial charge on any atom is -0.497 e. The van der Waals surface area contributed by atoms with Gasteiger partial charge in [0.05, 0.1) is 12.8 Å². The first kappa shape index (κ1) is 12.6. The van der Waals surface area contributed by atoms with E-state index in [-0.39, 0.29) is 0 Å². The van der Waals surface area contributed by atoms with Gasteiger partial charge < -0.3 is 15.0 Å². The van der Waals surface area contributed by atoms with Crippen LogP contribution in [0.4, 0.5) is 0 Å². The Morgan fingerprint density at radius 1 is 1.28 bits per heavy atom. The molecule has 0 aliphatic rings. The lowest BCUT2D eigenvalue weighted by molar-refractivity contribution is 0.414. The van der Waals surface area contributed by atoms with Crippen LogP contribution in [0, 0.1) is 6.92 Å². The molecule has 0 unspecified atom stereocenters. The molecule has 4 heteroatoms. The lowest BCUT2D eigenvalue weighted by atomic mass is 10.2. The Hall–Kier alpha value is -1.81. The second-order valence-corrected chi connectivity index (χ2v) is 4.29. The molecular formula is C14H19N3O. The van der Waals surface area contributed by atoms with Gasteiger partial charge in [-0.15, -0.1) is 0 Å². The number of nitrogens with zero attached hydrogens (tertiary/aromatic N) is 2. The highest BCUT2D eigenvalue weighted by atomic mass is 16.5. The summed E-state index contributed by atoms with van der Waals surface area (Å²) in [5.41, 5.74) is 7.83. The Bertz CT molecular complexity index is 502. The van der Waals surface area contributed by atoms with Crippen LogP contribution in [-0.4, -0.2) is 23.2 Å². The van der Waals surface area contributed by atoms with E-state index >= 15 is 0 Å². The van der Waals surface area contributed by atoms with E-state index < -0.39 is 0 Å². The number of ether oxygens (including phenoxy) is 1. The summed E-state index contributed by atoms with van der Waals surface area (Å²) >= 11 is 0. The Labute approximate surface area is 107 Å². The standard InChI is InChI=1S/C14H19N3O/c1-11-16-13(7-8-15)10-17(11)9-12-3-5-14(18-2)6-4-12/h3-6,10H,7-9,15H2,1-2H3. The van der Waals surface area contributed by atoms with Crippen LogP contribution in [0.2, 0.25) is 0 Å². The molecule has 0 amide bonds. The highest BCUT2D eigenvalue weighted by molar-refractivity contribution is 5.27. The minimum absolute atomic E-state index is 0.638. The molecule has 0 saturated heterocycles. The van der Waals surface area contributed by atoms with Crippen molar-refractivity contribution >= 4 is 0 Å². The molecule has 0 radical (unpaired) electrons. The fraction of sp³-hybridized carbons (Fsp3) is 0.357. The van der Waals surface area contributed by atoms with Gasteiger partial charge in [0.2, 0.25) is 0 Å². The van der Waals surface area contributed by atoms with Crippen molar-refractivity contribution in [2.24, 2.45) is 5.73 Å². The van der Waals surface area contributed by atoms with E-state index in [4.69, 9.17) is 10.5 Å². The third-order valence-corrected chi connectivity index (χ3v) is 2.94. The molecule has 0 fully saturated rings. The Morgan fingerprint density at radius 2 is 2.00 bits per heavy atom. The van der Waals surface area contributed by atoms with E-state index in [0.717, 1.165) is 30.2 Å². The van der Waals surface area contributed by atoms with Crippen molar-refractivity contribution in [2.75, 3.05) is 13.7 Å². The summed E-state index contributed by atoms with van der Waals surface area (Å²) in [5.74, 6) is 1.90. The second-order valence-electron chi connectivity index (χ2n) is 4.29. The largest absolute Gasteiger partial charge is 0.497 e. The maximum absolute atomic E-state index is 5.54. The van der Waals surface area contributed by atoms with Gasteiger partial charge in [-0.2, -0.15) is 0 Å². The maximum Gasteiger partial charge on any atom is 0.118 e. The summed E-state index contributed by atoms with van der Waals surface area (Å²) in [6, 6.07) is 8.09. The van der Waals surface area contributed by atoms with Gasteiger partial charge in [0, 0.05) is 19.2 Å². The van der Waals surface area contributed by atoms with E-state index in [0.29, 0.717) is 6.54 Å². The van der Waals surface area contributed by atoms with Gasteiger partial charge in [-0.25, -0.2) is 4.98 Å². The molecule has 0 saturated carbocycles. The van der Waals surface area contributed by atoms with E-state index in [1.807, 2.05) is 19.1 Å². The van der Waals surface area contributed by atoms with Crippen LogP contribution in [0.5, 0.6) is 5.75 Å². The van der Waals surface area contributed by atoms with Gasteiger partial charge in [0.1, 0.15) is 11.6 Å². The van der Waals surface area contributed by atoms with Crippen LogP contribution < -0.4 is 10.5 Å². The van der Waals surface area contributed by atoms with Crippen molar-refractivity contribution in [3.63, 3.8) is 0 Å². The molecule has 1 aromatic heterocycles. The fourth-order valence-corrected chi connectivity index (χ4v) is 1.93. The van der Waals surface area contributed by atoms with E-state index in [1.54, 1.807) is 7.11 Å². The van der Waals surface area contributed by atoms with Crippen LogP contribution >= 0.6 is 0 Å². The van der Waals surface area contributed by atoms with Crippen molar-refractivity contribution in [2.45, 2.75) is 19.9 Å². The molecular weight excluding hydrogens is 226 g/mol. The van der Waals surface area contributed by atoms with Crippen LogP contribution in [0.3, 0.4) is 0 Å². The lowest BCUT2D eigenvalue weighted by Gasteiger charge is -2.06. The van der Waals surface area contributed by atoms with Crippen LogP contribution in [0.1, 0.15) is 17.1 Å². The van der Waals surface area contributed by atoms with Crippen LogP contribution in [-0.2, 0) is 13.0 Å². The number of nitrogens with two attached hydrogens (primary N) is 1. The smallest absolute Gasteiger partial charge is 0.118 e. The number of methoxy groups -OCH3 is 1. The highest BCUT2D eigenvalue weighted by Crippen LogP contribution is 2.13. The molecule has 2 N–H and O–H groups in total. The molecule has 96 valence electrons. The van der Waals surface area contributed by atoms with E-state index in [1.165, 1.54) is 5.56 Å². The first-order chi connectivity index (χ1) is 8.72. The second kappa shape index (κ2) is 5.69. The van der Waals surface area contributed by atoms with Gasteiger partial charge in [-0.05, 0) is 31.2 Å². The summed E-state index contributed by atoms with van der Waals surface area (Å²) in [7, 11) is 1.67. The number of aryl methyl sites for hydroxylation is 1. The van der Waals surface area contributed by atoms with Gasteiger partial charge in [0.25, 0.3) is 0 Å². The van der Waals surface area contributed by atoms with Gasteiger partial charge >= 0.3 is 0 Å². The molecule has 0 aliphatic heterocycles. The first-order valence-electron chi connectivity index (χ1n) is 6.08. The normalized spacial score (nSPS) is 10.6. The molecule has 0 atom stereocenters. The highest BCUT2D eigenvalue weighted by Gasteiger charge is 2.04. The molecule has 1 aromatic carbocycles. The van der Waals surface area contributed by atoms with E-state index in [2.05, 4.69) is 27.9 Å². The Kier molecular flexibility index (Phi) is 3.99. The zero-order valence-corrected chi connectivity index (χ0v) is 10.9. The number of hydrogen-bond acceptors (Lipinski definition) is 3. The fourth-order valence-electron chi connectivity index (χ4n) is 1.93. The average Bonchev–Trinajstić information content (AvgIpc) is 2.71. The summed E-state index contributed by atoms with van der Waals surface area (Å²) in [5, 5.41) is 0. The van der Waals surface area contributed by atoms with Gasteiger partial charge in [-0.1, -0.05) is 12.1 Å². The number of rotatable bonds is 5. The monoisotopic (exact) mass is 245 g/mol. The number of aromatic nitrogens is 2. The molecule has 18 heavy (non-hydrogen) atoms. The van der Waals surface area contributed by atoms with Crippen molar-refractivity contribution in [3.8, 4) is 5.75 Å². The molecule has 0 spiro atoms. The van der Waals surface area contributed by atoms with Crippen LogP contribution in [0.25, 0.3) is 0 Å².